The number of pyridine rings is 1. The molecule has 2 heterocycles. The van der Waals surface area contributed by atoms with Crippen molar-refractivity contribution in [2.24, 2.45) is 4.99 Å². The molecule has 0 aliphatic carbocycles. The first-order valence-corrected chi connectivity index (χ1v) is 9.67. The van der Waals surface area contributed by atoms with Crippen LogP contribution in [0.5, 0.6) is 11.5 Å². The molecular formula is C20H27ClIN5O2. The lowest BCUT2D eigenvalue weighted by Gasteiger charge is -2.20. The third-order valence-electron chi connectivity index (χ3n) is 4.51. The monoisotopic (exact) mass is 531 g/mol. The second-order valence-electron chi connectivity index (χ2n) is 6.41. The summed E-state index contributed by atoms with van der Waals surface area (Å²) in [7, 11) is 3.41. The highest BCUT2D eigenvalue weighted by atomic mass is 127. The highest BCUT2D eigenvalue weighted by molar-refractivity contribution is 14.0. The minimum absolute atomic E-state index is 0. The summed E-state index contributed by atoms with van der Waals surface area (Å²) >= 11 is 6.26. The molecule has 3 rings (SSSR count). The normalized spacial score (nSPS) is 16.2. The molecule has 0 spiro atoms. The molecule has 1 atom stereocenters. The fourth-order valence-electron chi connectivity index (χ4n) is 3.08. The van der Waals surface area contributed by atoms with Crippen LogP contribution >= 0.6 is 35.6 Å². The summed E-state index contributed by atoms with van der Waals surface area (Å²) in [5.41, 5.74) is 0. The summed E-state index contributed by atoms with van der Waals surface area (Å²) in [5, 5.41) is 7.42. The summed E-state index contributed by atoms with van der Waals surface area (Å²) in [6.07, 6.45) is 2.77. The van der Waals surface area contributed by atoms with Gasteiger partial charge in [-0.3, -0.25) is 4.99 Å². The number of nitrogens with zero attached hydrogens (tertiary/aromatic N) is 3. The van der Waals surface area contributed by atoms with E-state index in [1.165, 1.54) is 0 Å². The van der Waals surface area contributed by atoms with Gasteiger partial charge in [-0.25, -0.2) is 4.98 Å². The molecule has 0 amide bonds. The predicted molar refractivity (Wildman–Crippen MR) is 128 cm³/mol. The number of aromatic nitrogens is 1. The zero-order valence-corrected chi connectivity index (χ0v) is 19.7. The summed E-state index contributed by atoms with van der Waals surface area (Å²) in [5.74, 6) is 3.22. The average Bonchev–Trinajstić information content (AvgIpc) is 3.19. The number of halogens is 2. The Morgan fingerprint density at radius 3 is 2.72 bits per heavy atom. The van der Waals surface area contributed by atoms with Gasteiger partial charge in [0.1, 0.15) is 23.9 Å². The molecule has 29 heavy (non-hydrogen) atoms. The number of aliphatic imine (C=N–C) groups is 1. The third kappa shape index (κ3) is 6.81. The fraction of sp³-hybridized carbons (Fsp3) is 0.400. The van der Waals surface area contributed by atoms with Crippen LogP contribution in [-0.4, -0.2) is 57.4 Å². The van der Waals surface area contributed by atoms with Crippen LogP contribution in [0.25, 0.3) is 0 Å². The van der Waals surface area contributed by atoms with Crippen molar-refractivity contribution >= 4 is 47.4 Å². The van der Waals surface area contributed by atoms with Crippen LogP contribution in [0, 0.1) is 0 Å². The summed E-state index contributed by atoms with van der Waals surface area (Å²) in [4.78, 5) is 10.9. The van der Waals surface area contributed by atoms with E-state index in [0.29, 0.717) is 18.2 Å². The lowest BCUT2D eigenvalue weighted by Crippen LogP contribution is -2.45. The standard InChI is InChI=1S/C20H26ClN5O2.HI/c1-22-20(24-11-13-28-17-7-5-16(27-2)6-8-17)25-15-9-12-26(14-15)19-18(21)4-3-10-23-19;/h3-8,10,15H,9,11-14H2,1-2H3,(H2,22,24,25);1H. The van der Waals surface area contributed by atoms with Crippen LogP contribution in [0.2, 0.25) is 5.02 Å². The van der Waals surface area contributed by atoms with Gasteiger partial charge in [0.2, 0.25) is 0 Å². The van der Waals surface area contributed by atoms with E-state index in [9.17, 15) is 0 Å². The highest BCUT2D eigenvalue weighted by Crippen LogP contribution is 2.25. The zero-order chi connectivity index (χ0) is 19.8. The highest BCUT2D eigenvalue weighted by Gasteiger charge is 2.25. The first-order chi connectivity index (χ1) is 13.7. The number of anilines is 1. The summed E-state index contributed by atoms with van der Waals surface area (Å²) in [6, 6.07) is 11.5. The Morgan fingerprint density at radius 2 is 2.03 bits per heavy atom. The number of hydrogen-bond donors (Lipinski definition) is 2. The van der Waals surface area contributed by atoms with Crippen molar-refractivity contribution in [3.63, 3.8) is 0 Å². The van der Waals surface area contributed by atoms with Crippen LogP contribution in [0.4, 0.5) is 5.82 Å². The molecule has 0 bridgehead atoms. The predicted octanol–water partition coefficient (Wildman–Crippen LogP) is 3.18. The lowest BCUT2D eigenvalue weighted by molar-refractivity contribution is 0.321. The number of benzene rings is 1. The van der Waals surface area contributed by atoms with Crippen molar-refractivity contribution in [1.29, 1.82) is 0 Å². The first-order valence-electron chi connectivity index (χ1n) is 9.29. The van der Waals surface area contributed by atoms with Crippen molar-refractivity contribution in [1.82, 2.24) is 15.6 Å². The second-order valence-corrected chi connectivity index (χ2v) is 6.81. The quantitative estimate of drug-likeness (QED) is 0.248. The molecule has 9 heteroatoms. The molecule has 2 aromatic rings. The molecule has 1 aliphatic heterocycles. The van der Waals surface area contributed by atoms with Crippen LogP contribution in [-0.2, 0) is 0 Å². The Bertz CT molecular complexity index is 791. The Kier molecular flexibility index (Phi) is 9.59. The molecule has 1 aromatic carbocycles. The van der Waals surface area contributed by atoms with Crippen molar-refractivity contribution in [2.45, 2.75) is 12.5 Å². The van der Waals surface area contributed by atoms with Gasteiger partial charge < -0.3 is 25.0 Å². The van der Waals surface area contributed by atoms with Gasteiger partial charge in [0, 0.05) is 32.4 Å². The second kappa shape index (κ2) is 11.9. The molecule has 1 aromatic heterocycles. The topological polar surface area (TPSA) is 71.0 Å². The first kappa shape index (κ1) is 23.3. The van der Waals surface area contributed by atoms with Crippen molar-refractivity contribution in [3.8, 4) is 11.5 Å². The van der Waals surface area contributed by atoms with Gasteiger partial charge in [-0.15, -0.1) is 24.0 Å². The zero-order valence-electron chi connectivity index (χ0n) is 16.6. The van der Waals surface area contributed by atoms with E-state index in [2.05, 4.69) is 25.5 Å². The molecule has 1 unspecified atom stereocenters. The number of rotatable bonds is 7. The summed E-state index contributed by atoms with van der Waals surface area (Å²) in [6.45, 7) is 2.92. The molecule has 0 saturated carbocycles. The van der Waals surface area contributed by atoms with Crippen LogP contribution in [0.3, 0.4) is 0 Å². The van der Waals surface area contributed by atoms with E-state index in [4.69, 9.17) is 21.1 Å². The Morgan fingerprint density at radius 1 is 1.28 bits per heavy atom. The van der Waals surface area contributed by atoms with E-state index in [-0.39, 0.29) is 30.0 Å². The maximum Gasteiger partial charge on any atom is 0.191 e. The number of ether oxygens (including phenoxy) is 2. The van der Waals surface area contributed by atoms with Gasteiger partial charge in [0.25, 0.3) is 0 Å². The molecule has 1 aliphatic rings. The van der Waals surface area contributed by atoms with Gasteiger partial charge in [-0.1, -0.05) is 11.6 Å². The molecule has 158 valence electrons. The van der Waals surface area contributed by atoms with Gasteiger partial charge in [-0.2, -0.15) is 0 Å². The Hall–Kier alpha value is -1.94. The van der Waals surface area contributed by atoms with E-state index in [1.54, 1.807) is 20.4 Å². The van der Waals surface area contributed by atoms with Crippen molar-refractivity contribution in [3.05, 3.63) is 47.6 Å². The minimum atomic E-state index is 0. The Labute approximate surface area is 193 Å². The largest absolute Gasteiger partial charge is 0.497 e. The van der Waals surface area contributed by atoms with Gasteiger partial charge in [0.15, 0.2) is 5.96 Å². The molecular weight excluding hydrogens is 505 g/mol. The van der Waals surface area contributed by atoms with E-state index in [1.807, 2.05) is 36.4 Å². The van der Waals surface area contributed by atoms with Crippen LogP contribution in [0.15, 0.2) is 47.6 Å². The number of guanidine groups is 1. The van der Waals surface area contributed by atoms with E-state index >= 15 is 0 Å². The number of nitrogens with one attached hydrogen (secondary N) is 2. The number of methoxy groups -OCH3 is 1. The molecule has 7 nitrogen and oxygen atoms in total. The fourth-order valence-corrected chi connectivity index (χ4v) is 3.32. The van der Waals surface area contributed by atoms with E-state index in [0.717, 1.165) is 42.8 Å². The smallest absolute Gasteiger partial charge is 0.191 e. The summed E-state index contributed by atoms with van der Waals surface area (Å²) < 4.78 is 10.9. The van der Waals surface area contributed by atoms with Gasteiger partial charge in [0.05, 0.1) is 18.7 Å². The SMILES string of the molecule is CN=C(NCCOc1ccc(OC)cc1)NC1CCN(c2ncccc2Cl)C1.I. The van der Waals surface area contributed by atoms with E-state index < -0.39 is 0 Å². The minimum Gasteiger partial charge on any atom is -0.497 e. The molecule has 1 fully saturated rings. The van der Waals surface area contributed by atoms with Crippen LogP contribution in [0.1, 0.15) is 6.42 Å². The van der Waals surface area contributed by atoms with Gasteiger partial charge in [-0.05, 0) is 42.8 Å². The third-order valence-corrected chi connectivity index (χ3v) is 4.81. The van der Waals surface area contributed by atoms with Crippen molar-refractivity contribution < 1.29 is 9.47 Å². The average molecular weight is 532 g/mol. The molecule has 0 radical (unpaired) electrons. The lowest BCUT2D eigenvalue weighted by atomic mass is 10.3. The Balaban J connectivity index is 0.00000300. The number of hydrogen-bond acceptors (Lipinski definition) is 5. The molecule has 2 N–H and O–H groups in total. The van der Waals surface area contributed by atoms with Crippen LogP contribution < -0.4 is 25.0 Å². The van der Waals surface area contributed by atoms with Crippen molar-refractivity contribution in [2.75, 3.05) is 45.3 Å². The van der Waals surface area contributed by atoms with Gasteiger partial charge >= 0.3 is 0 Å². The molecule has 1 saturated heterocycles. The maximum atomic E-state index is 6.26. The maximum absolute atomic E-state index is 6.26.